The van der Waals surface area contributed by atoms with Crippen LogP contribution in [0.25, 0.3) is 32.6 Å². The lowest BCUT2D eigenvalue weighted by atomic mass is 9.98. The fraction of sp³-hybridized carbons (Fsp3) is 0.294. The first-order chi connectivity index (χ1) is 23.0. The number of carbonyl (C=O) groups is 1. The molecule has 0 spiro atoms. The first kappa shape index (κ1) is 35.4. The van der Waals surface area contributed by atoms with Gasteiger partial charge in [-0.05, 0) is 42.7 Å². The van der Waals surface area contributed by atoms with Crippen molar-refractivity contribution in [1.82, 2.24) is 14.5 Å². The Morgan fingerprint density at radius 3 is 2.49 bits per heavy atom. The number of pyridine rings is 2. The lowest BCUT2D eigenvalue weighted by Crippen LogP contribution is -2.57. The SMILES string of the molecule is [C-]#[N+]C[C@H]1CN(c2c(S(C)(=O)=O)c(=O)n(-c3c(C)ccnc3C(C)C)c3c(F)c(-c4c(O)cccc4F)c(Cl)cc23)CCN1C(=O)C(=C)F. The zero-order valence-corrected chi connectivity index (χ0v) is 28.5. The molecule has 1 atom stereocenters. The van der Waals surface area contributed by atoms with Gasteiger partial charge in [0.05, 0.1) is 33.2 Å². The Hall–Kier alpha value is -4.87. The van der Waals surface area contributed by atoms with E-state index in [2.05, 4.69) is 16.4 Å². The Morgan fingerprint density at radius 1 is 1.20 bits per heavy atom. The summed E-state index contributed by atoms with van der Waals surface area (Å²) in [6.45, 7) is 14.8. The summed E-state index contributed by atoms with van der Waals surface area (Å²) in [5.74, 6) is -5.53. The second kappa shape index (κ2) is 13.2. The van der Waals surface area contributed by atoms with Crippen LogP contribution >= 0.6 is 11.6 Å². The van der Waals surface area contributed by atoms with Crippen LogP contribution in [0.4, 0.5) is 18.9 Å². The topological polar surface area (TPSA) is 117 Å². The van der Waals surface area contributed by atoms with Crippen LogP contribution in [0.1, 0.15) is 31.0 Å². The van der Waals surface area contributed by atoms with E-state index in [1.807, 2.05) is 0 Å². The highest BCUT2D eigenvalue weighted by Gasteiger charge is 2.39. The van der Waals surface area contributed by atoms with Crippen molar-refractivity contribution in [3.8, 4) is 22.6 Å². The molecule has 4 aromatic rings. The number of amides is 1. The number of sulfone groups is 1. The molecular formula is C34H31ClF3N5O5S. The van der Waals surface area contributed by atoms with Crippen molar-refractivity contribution >= 4 is 43.9 Å². The van der Waals surface area contributed by atoms with Gasteiger partial charge in [0, 0.05) is 43.0 Å². The van der Waals surface area contributed by atoms with Crippen molar-refractivity contribution in [2.45, 2.75) is 37.6 Å². The molecule has 2 aromatic carbocycles. The van der Waals surface area contributed by atoms with E-state index in [-0.39, 0.29) is 48.9 Å². The number of phenolic OH excluding ortho intramolecular Hbond substituents is 1. The van der Waals surface area contributed by atoms with Crippen molar-refractivity contribution < 1.29 is 31.5 Å². The van der Waals surface area contributed by atoms with Gasteiger partial charge in [-0.3, -0.25) is 19.1 Å². The van der Waals surface area contributed by atoms with Crippen LogP contribution in [0.3, 0.4) is 0 Å². The first-order valence-electron chi connectivity index (χ1n) is 15.0. The van der Waals surface area contributed by atoms with Gasteiger partial charge in [-0.1, -0.05) is 38.1 Å². The van der Waals surface area contributed by atoms with E-state index in [0.29, 0.717) is 11.3 Å². The van der Waals surface area contributed by atoms with Crippen molar-refractivity contribution in [1.29, 1.82) is 0 Å². The molecule has 2 aromatic heterocycles. The molecule has 0 bridgehead atoms. The predicted octanol–water partition coefficient (Wildman–Crippen LogP) is 5.94. The van der Waals surface area contributed by atoms with Crippen molar-refractivity contribution in [3.05, 3.63) is 98.6 Å². The quantitative estimate of drug-likeness (QED) is 0.186. The maximum Gasteiger partial charge on any atom is 0.282 e. The molecule has 0 unspecified atom stereocenters. The van der Waals surface area contributed by atoms with E-state index in [4.69, 9.17) is 18.2 Å². The summed E-state index contributed by atoms with van der Waals surface area (Å²) in [5, 5.41) is 10.1. The molecule has 1 amide bonds. The number of halogens is 4. The van der Waals surface area contributed by atoms with Crippen LogP contribution in [-0.4, -0.2) is 72.4 Å². The minimum absolute atomic E-state index is 0.0941. The van der Waals surface area contributed by atoms with E-state index < -0.39 is 77.1 Å². The predicted molar refractivity (Wildman–Crippen MR) is 181 cm³/mol. The Balaban J connectivity index is 2.00. The van der Waals surface area contributed by atoms with Crippen molar-refractivity contribution in [2.24, 2.45) is 0 Å². The second-order valence-electron chi connectivity index (χ2n) is 12.0. The van der Waals surface area contributed by atoms with Crippen LogP contribution in [0, 0.1) is 25.1 Å². The Morgan fingerprint density at radius 2 is 1.90 bits per heavy atom. The molecule has 3 heterocycles. The molecule has 1 aliphatic rings. The summed E-state index contributed by atoms with van der Waals surface area (Å²) in [6, 6.07) is 5.12. The van der Waals surface area contributed by atoms with Gasteiger partial charge in [0.15, 0.2) is 26.4 Å². The maximum atomic E-state index is 17.3. The number of hydrogen-bond donors (Lipinski definition) is 1. The molecule has 15 heteroatoms. The number of piperazine rings is 1. The van der Waals surface area contributed by atoms with Crippen LogP contribution in [0.2, 0.25) is 5.02 Å². The van der Waals surface area contributed by atoms with Gasteiger partial charge in [0.1, 0.15) is 17.6 Å². The normalized spacial score (nSPS) is 15.1. The van der Waals surface area contributed by atoms with Crippen LogP contribution in [0.15, 0.2) is 58.6 Å². The van der Waals surface area contributed by atoms with Gasteiger partial charge >= 0.3 is 0 Å². The molecule has 0 saturated carbocycles. The highest BCUT2D eigenvalue weighted by Crippen LogP contribution is 2.45. The fourth-order valence-corrected chi connectivity index (χ4v) is 7.60. The number of rotatable bonds is 7. The number of hydrogen-bond acceptors (Lipinski definition) is 7. The summed E-state index contributed by atoms with van der Waals surface area (Å²) in [5.41, 5.74) is -2.19. The number of aromatic nitrogens is 2. The number of benzene rings is 2. The number of aromatic hydroxyl groups is 1. The largest absolute Gasteiger partial charge is 0.507 e. The lowest BCUT2D eigenvalue weighted by Gasteiger charge is -2.41. The number of fused-ring (bicyclic) bond motifs is 1. The number of nitrogens with zero attached hydrogens (tertiary/aromatic N) is 5. The maximum absolute atomic E-state index is 17.3. The summed E-state index contributed by atoms with van der Waals surface area (Å²) in [7, 11) is -4.43. The zero-order chi connectivity index (χ0) is 36.1. The second-order valence-corrected chi connectivity index (χ2v) is 14.4. The standard InChI is InChI=1S/C34H31ClF3N5O5S/c1-17(2)28-29(18(3)10-11-40-28)43-30-21(14-22(35)25(27(30)38)26-23(37)8-7-9-24(26)44)31(32(34(43)46)49(6,47)48)41-12-13-42(33(45)19(4)36)20(16-41)15-39-5/h7-11,14,17,20,44H,4,12-13,15-16H2,1-3,6H3/t20-/m0/s1. The van der Waals surface area contributed by atoms with Crippen molar-refractivity contribution in [3.63, 3.8) is 0 Å². The van der Waals surface area contributed by atoms with Crippen LogP contribution in [0.5, 0.6) is 5.75 Å². The Bertz CT molecular complexity index is 2250. The summed E-state index contributed by atoms with van der Waals surface area (Å²) < 4.78 is 74.7. The number of carbonyl (C=O) groups excluding carboxylic acids is 1. The van der Waals surface area contributed by atoms with E-state index in [9.17, 15) is 27.5 Å². The monoisotopic (exact) mass is 713 g/mol. The fourth-order valence-electron chi connectivity index (χ4n) is 6.31. The number of anilines is 1. The van der Waals surface area contributed by atoms with Gasteiger partial charge < -0.3 is 19.8 Å². The van der Waals surface area contributed by atoms with Crippen LogP contribution in [-0.2, 0) is 14.6 Å². The lowest BCUT2D eigenvalue weighted by molar-refractivity contribution is -0.131. The average molecular weight is 714 g/mol. The molecule has 0 radical (unpaired) electrons. The smallest absolute Gasteiger partial charge is 0.282 e. The zero-order valence-electron chi connectivity index (χ0n) is 26.9. The summed E-state index contributed by atoms with van der Waals surface area (Å²) in [4.78, 5) is 36.9. The third-order valence-electron chi connectivity index (χ3n) is 8.41. The van der Waals surface area contributed by atoms with E-state index in [1.165, 1.54) is 23.2 Å². The average Bonchev–Trinajstić information content (AvgIpc) is 3.01. The van der Waals surface area contributed by atoms with E-state index in [0.717, 1.165) is 27.9 Å². The molecule has 49 heavy (non-hydrogen) atoms. The molecular weight excluding hydrogens is 683 g/mol. The van der Waals surface area contributed by atoms with Gasteiger partial charge in [-0.15, -0.1) is 0 Å². The summed E-state index contributed by atoms with van der Waals surface area (Å²) in [6.07, 6.45) is 2.31. The molecule has 256 valence electrons. The molecule has 1 aliphatic heterocycles. The molecule has 5 rings (SSSR count). The number of aryl methyl sites for hydroxylation is 1. The minimum atomic E-state index is -4.43. The van der Waals surface area contributed by atoms with Gasteiger partial charge in [0.25, 0.3) is 11.5 Å². The minimum Gasteiger partial charge on any atom is -0.507 e. The molecule has 1 fully saturated rings. The Labute approximate surface area is 285 Å². The van der Waals surface area contributed by atoms with E-state index >= 15 is 8.78 Å². The van der Waals surface area contributed by atoms with Crippen LogP contribution < -0.4 is 10.5 Å². The number of phenols is 1. The first-order valence-corrected chi connectivity index (χ1v) is 17.3. The van der Waals surface area contributed by atoms with Crippen molar-refractivity contribution in [2.75, 3.05) is 37.3 Å². The summed E-state index contributed by atoms with van der Waals surface area (Å²) >= 11 is 6.66. The molecule has 1 N–H and O–H groups in total. The highest BCUT2D eigenvalue weighted by molar-refractivity contribution is 7.90. The van der Waals surface area contributed by atoms with E-state index in [1.54, 1.807) is 26.8 Å². The van der Waals surface area contributed by atoms with Gasteiger partial charge in [-0.2, -0.15) is 0 Å². The molecule has 0 aliphatic carbocycles. The highest BCUT2D eigenvalue weighted by atomic mass is 35.5. The molecule has 1 saturated heterocycles. The Kier molecular flexibility index (Phi) is 9.55. The van der Waals surface area contributed by atoms with Gasteiger partial charge in [-0.25, -0.2) is 28.2 Å². The third-order valence-corrected chi connectivity index (χ3v) is 9.82. The third kappa shape index (κ3) is 6.13. The molecule has 10 nitrogen and oxygen atoms in total. The van der Waals surface area contributed by atoms with Gasteiger partial charge in [0.2, 0.25) is 6.54 Å².